The molecule has 0 unspecified atom stereocenters. The highest BCUT2D eigenvalue weighted by molar-refractivity contribution is 5.93. The van der Waals surface area contributed by atoms with E-state index in [1.807, 2.05) is 12.1 Å². The molecule has 3 heterocycles. The molecule has 1 saturated heterocycles. The monoisotopic (exact) mass is 299 g/mol. The predicted octanol–water partition coefficient (Wildman–Crippen LogP) is 0.956. The molecule has 0 aliphatic carbocycles. The first-order chi connectivity index (χ1) is 10.8. The number of rotatable bonds is 4. The van der Waals surface area contributed by atoms with Gasteiger partial charge in [-0.25, -0.2) is 9.97 Å². The van der Waals surface area contributed by atoms with Gasteiger partial charge in [-0.05, 0) is 17.7 Å². The van der Waals surface area contributed by atoms with Gasteiger partial charge in [0, 0.05) is 44.4 Å². The summed E-state index contributed by atoms with van der Waals surface area (Å²) >= 11 is 0. The summed E-state index contributed by atoms with van der Waals surface area (Å²) < 4.78 is 5.24. The fourth-order valence-electron chi connectivity index (χ4n) is 2.16. The zero-order valence-electron chi connectivity index (χ0n) is 12.1. The van der Waals surface area contributed by atoms with Crippen LogP contribution in [0.25, 0.3) is 0 Å². The Hall–Kier alpha value is -2.54. The average molecular weight is 299 g/mol. The van der Waals surface area contributed by atoms with E-state index in [2.05, 4.69) is 20.3 Å². The van der Waals surface area contributed by atoms with Crippen LogP contribution >= 0.6 is 0 Å². The average Bonchev–Trinajstić information content (AvgIpc) is 2.61. The Morgan fingerprint density at radius 3 is 2.55 bits per heavy atom. The second-order valence-electron chi connectivity index (χ2n) is 4.91. The van der Waals surface area contributed by atoms with Gasteiger partial charge in [0.2, 0.25) is 5.95 Å². The third kappa shape index (κ3) is 3.56. The van der Waals surface area contributed by atoms with Gasteiger partial charge >= 0.3 is 0 Å². The molecule has 0 aromatic carbocycles. The summed E-state index contributed by atoms with van der Waals surface area (Å²) in [7, 11) is 0. The van der Waals surface area contributed by atoms with Gasteiger partial charge in [0.1, 0.15) is 0 Å². The molecular weight excluding hydrogens is 282 g/mol. The SMILES string of the molecule is O=C(c1cnc(NCc2ccncc2)nc1)N1CCOCC1. The van der Waals surface area contributed by atoms with Crippen molar-refractivity contribution in [2.24, 2.45) is 0 Å². The van der Waals surface area contributed by atoms with Gasteiger partial charge in [-0.1, -0.05) is 0 Å². The molecule has 1 amide bonds. The van der Waals surface area contributed by atoms with Crippen LogP contribution in [-0.2, 0) is 11.3 Å². The van der Waals surface area contributed by atoms with Crippen LogP contribution in [0.5, 0.6) is 0 Å². The van der Waals surface area contributed by atoms with E-state index in [9.17, 15) is 4.79 Å². The van der Waals surface area contributed by atoms with Crippen molar-refractivity contribution in [3.63, 3.8) is 0 Å². The molecule has 22 heavy (non-hydrogen) atoms. The largest absolute Gasteiger partial charge is 0.378 e. The highest BCUT2D eigenvalue weighted by atomic mass is 16.5. The summed E-state index contributed by atoms with van der Waals surface area (Å²) in [5.41, 5.74) is 1.59. The van der Waals surface area contributed by atoms with Crippen LogP contribution in [0.1, 0.15) is 15.9 Å². The Balaban J connectivity index is 1.59. The fourth-order valence-corrected chi connectivity index (χ4v) is 2.16. The maximum Gasteiger partial charge on any atom is 0.257 e. The molecule has 0 saturated carbocycles. The molecule has 3 rings (SSSR count). The minimum absolute atomic E-state index is 0.0519. The molecule has 7 heteroatoms. The highest BCUT2D eigenvalue weighted by Gasteiger charge is 2.18. The first kappa shape index (κ1) is 14.4. The molecule has 2 aromatic heterocycles. The quantitative estimate of drug-likeness (QED) is 0.905. The van der Waals surface area contributed by atoms with Gasteiger partial charge in [0.25, 0.3) is 5.91 Å². The summed E-state index contributed by atoms with van der Waals surface area (Å²) in [6.45, 7) is 3.00. The van der Waals surface area contributed by atoms with Crippen molar-refractivity contribution in [1.29, 1.82) is 0 Å². The Kier molecular flexibility index (Phi) is 4.55. The molecule has 0 spiro atoms. The normalized spacial score (nSPS) is 14.6. The summed E-state index contributed by atoms with van der Waals surface area (Å²) in [5.74, 6) is 0.444. The van der Waals surface area contributed by atoms with Crippen molar-refractivity contribution in [1.82, 2.24) is 19.9 Å². The third-order valence-corrected chi connectivity index (χ3v) is 3.40. The second kappa shape index (κ2) is 6.95. The number of hydrogen-bond acceptors (Lipinski definition) is 6. The number of amides is 1. The molecule has 114 valence electrons. The summed E-state index contributed by atoms with van der Waals surface area (Å²) in [6, 6.07) is 3.84. The molecular formula is C15H17N5O2. The maximum absolute atomic E-state index is 12.3. The fraction of sp³-hybridized carbons (Fsp3) is 0.333. The lowest BCUT2D eigenvalue weighted by Gasteiger charge is -2.26. The van der Waals surface area contributed by atoms with Crippen LogP contribution in [-0.4, -0.2) is 52.1 Å². The van der Waals surface area contributed by atoms with Gasteiger partial charge in [-0.3, -0.25) is 9.78 Å². The van der Waals surface area contributed by atoms with E-state index in [1.165, 1.54) is 0 Å². The van der Waals surface area contributed by atoms with Gasteiger partial charge < -0.3 is 15.0 Å². The minimum Gasteiger partial charge on any atom is -0.378 e. The Morgan fingerprint density at radius 1 is 1.18 bits per heavy atom. The standard InChI is InChI=1S/C15H17N5O2/c21-14(20-5-7-22-8-6-20)13-10-18-15(19-11-13)17-9-12-1-3-16-4-2-12/h1-4,10-11H,5-9H2,(H,17,18,19). The van der Waals surface area contributed by atoms with E-state index < -0.39 is 0 Å². The highest BCUT2D eigenvalue weighted by Crippen LogP contribution is 2.08. The van der Waals surface area contributed by atoms with Crippen molar-refractivity contribution >= 4 is 11.9 Å². The third-order valence-electron chi connectivity index (χ3n) is 3.40. The Morgan fingerprint density at radius 2 is 1.86 bits per heavy atom. The number of nitrogens with zero attached hydrogens (tertiary/aromatic N) is 4. The second-order valence-corrected chi connectivity index (χ2v) is 4.91. The van der Waals surface area contributed by atoms with Crippen molar-refractivity contribution in [3.05, 3.63) is 48.0 Å². The topological polar surface area (TPSA) is 80.2 Å². The summed E-state index contributed by atoms with van der Waals surface area (Å²) in [6.07, 6.45) is 6.59. The number of morpholine rings is 1. The lowest BCUT2D eigenvalue weighted by Crippen LogP contribution is -2.40. The number of carbonyl (C=O) groups is 1. The van der Waals surface area contributed by atoms with E-state index in [4.69, 9.17) is 4.74 Å². The van der Waals surface area contributed by atoms with Gasteiger partial charge in [0.05, 0.1) is 18.8 Å². The van der Waals surface area contributed by atoms with Crippen LogP contribution in [0, 0.1) is 0 Å². The number of aromatic nitrogens is 3. The molecule has 0 atom stereocenters. The lowest BCUT2D eigenvalue weighted by molar-refractivity contribution is 0.0302. The molecule has 1 fully saturated rings. The van der Waals surface area contributed by atoms with Crippen LogP contribution in [0.15, 0.2) is 36.9 Å². The van der Waals surface area contributed by atoms with Crippen molar-refractivity contribution in [2.75, 3.05) is 31.6 Å². The zero-order valence-corrected chi connectivity index (χ0v) is 12.1. The molecule has 1 aliphatic heterocycles. The van der Waals surface area contributed by atoms with Crippen LogP contribution in [0.3, 0.4) is 0 Å². The van der Waals surface area contributed by atoms with Gasteiger partial charge in [-0.15, -0.1) is 0 Å². The first-order valence-corrected chi connectivity index (χ1v) is 7.15. The van der Waals surface area contributed by atoms with Gasteiger partial charge in [0.15, 0.2) is 0 Å². The van der Waals surface area contributed by atoms with Gasteiger partial charge in [-0.2, -0.15) is 0 Å². The first-order valence-electron chi connectivity index (χ1n) is 7.15. The van der Waals surface area contributed by atoms with E-state index in [-0.39, 0.29) is 5.91 Å². The number of ether oxygens (including phenoxy) is 1. The molecule has 1 N–H and O–H groups in total. The summed E-state index contributed by atoms with van der Waals surface area (Å²) in [5, 5.41) is 3.11. The molecule has 7 nitrogen and oxygen atoms in total. The predicted molar refractivity (Wildman–Crippen MR) is 80.3 cm³/mol. The Labute approximate surface area is 128 Å². The lowest BCUT2D eigenvalue weighted by atomic mass is 10.2. The molecule has 1 aliphatic rings. The van der Waals surface area contributed by atoms with E-state index in [0.29, 0.717) is 44.4 Å². The van der Waals surface area contributed by atoms with Crippen LogP contribution in [0.2, 0.25) is 0 Å². The smallest absolute Gasteiger partial charge is 0.257 e. The molecule has 2 aromatic rings. The minimum atomic E-state index is -0.0519. The van der Waals surface area contributed by atoms with E-state index >= 15 is 0 Å². The van der Waals surface area contributed by atoms with Crippen molar-refractivity contribution in [3.8, 4) is 0 Å². The van der Waals surface area contributed by atoms with E-state index in [0.717, 1.165) is 5.56 Å². The molecule has 0 bridgehead atoms. The number of pyridine rings is 1. The van der Waals surface area contributed by atoms with Crippen molar-refractivity contribution < 1.29 is 9.53 Å². The Bertz CT molecular complexity index is 612. The van der Waals surface area contributed by atoms with Crippen LogP contribution < -0.4 is 5.32 Å². The number of hydrogen-bond donors (Lipinski definition) is 1. The maximum atomic E-state index is 12.3. The van der Waals surface area contributed by atoms with Crippen molar-refractivity contribution in [2.45, 2.75) is 6.54 Å². The summed E-state index contributed by atoms with van der Waals surface area (Å²) in [4.78, 5) is 26.4. The number of nitrogens with one attached hydrogen (secondary N) is 1. The molecule has 0 radical (unpaired) electrons. The van der Waals surface area contributed by atoms with Crippen LogP contribution in [0.4, 0.5) is 5.95 Å². The van der Waals surface area contributed by atoms with E-state index in [1.54, 1.807) is 29.7 Å². The number of carbonyl (C=O) groups excluding carboxylic acids is 1. The number of anilines is 1. The zero-order chi connectivity index (χ0) is 15.2.